The largest absolute Gasteiger partial charge is 1.00 e. The smallest absolute Gasteiger partial charge is 0.756 e. The SMILES string of the molecule is CC(C)=CCOc1cc2oc(=O)ccc2cc1O.CCCCCCCCCCCC(=O)OCC(COP(=O)([O-])OCC(O)COP(=O)([O-])OCC(COC(=O)CCCCCCCCCCC)OC(=O)CCCCCCCCCCC)OC(=O)CCCCCCCCCCC.[Na+].[Na+]. The van der Waals surface area contributed by atoms with Crippen molar-refractivity contribution in [3.05, 3.63) is 46.3 Å². The van der Waals surface area contributed by atoms with Gasteiger partial charge in [0.2, 0.25) is 0 Å². The third-order valence-electron chi connectivity index (χ3n) is 15.5. The zero-order valence-corrected chi connectivity index (χ0v) is 66.2. The number of phenols is 1. The molecule has 0 radical (unpaired) electrons. The van der Waals surface area contributed by atoms with Crippen LogP contribution in [-0.2, 0) is 65.4 Å². The third kappa shape index (κ3) is 57.5. The molecule has 4 atom stereocenters. The number of phosphoric ester groups is 2. The number of fused-ring (bicyclic) bond motifs is 1. The molecule has 4 unspecified atom stereocenters. The topological polar surface area (TPSA) is 302 Å². The average Bonchev–Trinajstić information content (AvgIpc) is 0.825. The Bertz CT molecular complexity index is 2350. The van der Waals surface area contributed by atoms with Crippen LogP contribution in [0.3, 0.4) is 0 Å². The van der Waals surface area contributed by atoms with Crippen molar-refractivity contribution in [3.8, 4) is 11.5 Å². The van der Waals surface area contributed by atoms with Crippen LogP contribution in [0, 0.1) is 0 Å². The fourth-order valence-corrected chi connectivity index (χ4v) is 11.4. The zero-order valence-electron chi connectivity index (χ0n) is 60.4. The van der Waals surface area contributed by atoms with Gasteiger partial charge in [-0.05, 0) is 57.7 Å². The van der Waals surface area contributed by atoms with Crippen molar-refractivity contribution in [1.29, 1.82) is 0 Å². The van der Waals surface area contributed by atoms with E-state index in [1.54, 1.807) is 6.07 Å². The molecule has 21 nitrogen and oxygen atoms in total. The molecule has 1 aromatic heterocycles. The van der Waals surface area contributed by atoms with Crippen LogP contribution in [0.2, 0.25) is 0 Å². The van der Waals surface area contributed by atoms with E-state index in [0.717, 1.165) is 108 Å². The number of hydrogen-bond donors (Lipinski definition) is 2. The van der Waals surface area contributed by atoms with Crippen molar-refractivity contribution in [2.45, 2.75) is 317 Å². The van der Waals surface area contributed by atoms with Crippen LogP contribution in [0.4, 0.5) is 0 Å². The van der Waals surface area contributed by atoms with Crippen LogP contribution >= 0.6 is 15.6 Å². The van der Waals surface area contributed by atoms with Gasteiger partial charge in [-0.1, -0.05) is 239 Å². The van der Waals surface area contributed by atoms with Gasteiger partial charge in [-0.2, -0.15) is 0 Å². The first-order valence-electron chi connectivity index (χ1n) is 35.8. The van der Waals surface area contributed by atoms with Gasteiger partial charge < -0.3 is 66.2 Å². The van der Waals surface area contributed by atoms with Crippen molar-refractivity contribution in [3.63, 3.8) is 0 Å². The molecular weight excluding hydrogens is 1300 g/mol. The summed E-state index contributed by atoms with van der Waals surface area (Å²) in [4.78, 5) is 87.3. The molecule has 0 bridgehead atoms. The second-order valence-electron chi connectivity index (χ2n) is 24.8. The Hall–Kier alpha value is -2.17. The molecule has 0 spiro atoms. The summed E-state index contributed by atoms with van der Waals surface area (Å²) in [5, 5.41) is 20.9. The van der Waals surface area contributed by atoms with Crippen LogP contribution in [0.1, 0.15) is 298 Å². The summed E-state index contributed by atoms with van der Waals surface area (Å²) in [6, 6.07) is 5.94. The average molecular weight is 1420 g/mol. The number of unbranched alkanes of at least 4 members (excludes halogenated alkanes) is 32. The number of phosphoric acid groups is 2. The number of rotatable bonds is 61. The van der Waals surface area contributed by atoms with E-state index >= 15 is 0 Å². The molecule has 0 saturated heterocycles. The summed E-state index contributed by atoms with van der Waals surface area (Å²) in [5.41, 5.74) is 1.10. The van der Waals surface area contributed by atoms with Gasteiger partial charge in [0.15, 0.2) is 23.7 Å². The van der Waals surface area contributed by atoms with Gasteiger partial charge >= 0.3 is 88.6 Å². The monoisotopic (exact) mass is 1420 g/mol. The minimum absolute atomic E-state index is 0. The van der Waals surface area contributed by atoms with Gasteiger partial charge in [0.05, 0.1) is 26.4 Å². The molecule has 1 heterocycles. The van der Waals surface area contributed by atoms with Gasteiger partial charge in [-0.25, -0.2) is 4.79 Å². The number of aliphatic hydroxyl groups excluding tert-OH is 1. The molecule has 96 heavy (non-hydrogen) atoms. The Labute approximate surface area is 620 Å². The van der Waals surface area contributed by atoms with Crippen LogP contribution in [0.5, 0.6) is 11.5 Å². The molecule has 0 aliphatic carbocycles. The standard InChI is InChI=1S/C57H110O17P2.C14H14O4.2Na/c1-5-9-13-17-21-25-29-33-37-41-54(59)67-47-52(73-56(61)43-39-35-31-27-23-19-15-11-7-3)49-71-75(63,64)69-45-51(58)46-70-76(65,66)72-50-53(74-57(62)44-40-36-32-28-24-20-16-12-8-4)48-68-55(60)42-38-34-30-26-22-18-14-10-6-2;1-9(2)5-6-17-13-8-12-10(7-11(13)15)3-4-14(16)18-12;;/h51-53,58H,5-50H2,1-4H3,(H,63,64)(H,65,66);3-5,7-8,15H,6H2,1-2H3;;/q;;2*+1/p-2. The molecule has 1 aromatic carbocycles. The number of aromatic hydroxyl groups is 1. The van der Waals surface area contributed by atoms with Crippen molar-refractivity contribution < 1.29 is 154 Å². The molecule has 0 fully saturated rings. The second-order valence-corrected chi connectivity index (χ2v) is 27.7. The summed E-state index contributed by atoms with van der Waals surface area (Å²) >= 11 is 0. The first kappa shape index (κ1) is 95.9. The Morgan fingerprint density at radius 2 is 0.781 bits per heavy atom. The quantitative estimate of drug-likeness (QED) is 0.0118. The van der Waals surface area contributed by atoms with Gasteiger partial charge in [-0.15, -0.1) is 0 Å². The number of allylic oxidation sites excluding steroid dienone is 1. The number of ether oxygens (including phenoxy) is 5. The number of carbonyl (C=O) groups is 4. The molecule has 0 aliphatic heterocycles. The summed E-state index contributed by atoms with van der Waals surface area (Å²) < 4.78 is 77.1. The molecule has 544 valence electrons. The van der Waals surface area contributed by atoms with E-state index in [9.17, 15) is 53.1 Å². The van der Waals surface area contributed by atoms with E-state index in [2.05, 4.69) is 27.7 Å². The minimum Gasteiger partial charge on any atom is -0.756 e. The number of aliphatic hydroxyl groups is 1. The molecule has 2 N–H and O–H groups in total. The molecule has 2 rings (SSSR count). The zero-order chi connectivity index (χ0) is 69.3. The fourth-order valence-electron chi connectivity index (χ4n) is 9.88. The van der Waals surface area contributed by atoms with Gasteiger partial charge in [-0.3, -0.25) is 28.3 Å². The summed E-state index contributed by atoms with van der Waals surface area (Å²) in [7, 11) is -10.4. The van der Waals surface area contributed by atoms with Gasteiger partial charge in [0, 0.05) is 43.2 Å². The van der Waals surface area contributed by atoms with Crippen LogP contribution in [-0.4, -0.2) is 98.7 Å². The first-order valence-corrected chi connectivity index (χ1v) is 38.8. The molecule has 0 aliphatic rings. The number of esters is 4. The van der Waals surface area contributed by atoms with Crippen molar-refractivity contribution in [2.24, 2.45) is 0 Å². The van der Waals surface area contributed by atoms with E-state index in [0.29, 0.717) is 49.0 Å². The molecule has 2 aromatic rings. The van der Waals surface area contributed by atoms with E-state index in [-0.39, 0.29) is 90.5 Å². The van der Waals surface area contributed by atoms with Gasteiger partial charge in [0.1, 0.15) is 31.5 Å². The number of benzene rings is 1. The minimum atomic E-state index is -5.20. The van der Waals surface area contributed by atoms with E-state index in [4.69, 9.17) is 46.2 Å². The molecule has 0 saturated carbocycles. The van der Waals surface area contributed by atoms with E-state index in [1.165, 1.54) is 121 Å². The maximum absolute atomic E-state index is 12.8. The Balaban J connectivity index is 0. The van der Waals surface area contributed by atoms with Crippen LogP contribution in [0.15, 0.2) is 45.1 Å². The van der Waals surface area contributed by atoms with Gasteiger partial charge in [0.25, 0.3) is 15.6 Å². The Morgan fingerprint density at radius 3 is 1.11 bits per heavy atom. The van der Waals surface area contributed by atoms with E-state index < -0.39 is 103 Å². The maximum atomic E-state index is 12.8. The number of hydrogen-bond acceptors (Lipinski definition) is 21. The predicted octanol–water partition coefficient (Wildman–Crippen LogP) is 10.8. The molecular formula is C71H122Na2O21P2. The maximum Gasteiger partial charge on any atom is 1.00 e. The van der Waals surface area contributed by atoms with Crippen molar-refractivity contribution in [1.82, 2.24) is 0 Å². The van der Waals surface area contributed by atoms with Crippen LogP contribution in [0.25, 0.3) is 11.0 Å². The molecule has 25 heteroatoms. The second kappa shape index (κ2) is 63.7. The summed E-state index contributed by atoms with van der Waals surface area (Å²) in [5.74, 6) is -1.91. The number of phenolic OH excluding ortho intramolecular Hbond substituents is 1. The first-order chi connectivity index (χ1) is 45.2. The number of carbonyl (C=O) groups excluding carboxylic acids is 4. The summed E-state index contributed by atoms with van der Waals surface area (Å²) in [6.07, 6.45) is 36.1. The fraction of sp³-hybridized carbons (Fsp3) is 0.789. The predicted molar refractivity (Wildman–Crippen MR) is 363 cm³/mol. The van der Waals surface area contributed by atoms with Crippen molar-refractivity contribution >= 4 is 50.5 Å². The van der Waals surface area contributed by atoms with Crippen LogP contribution < -0.4 is 79.3 Å². The summed E-state index contributed by atoms with van der Waals surface area (Å²) in [6.45, 7) is 8.64. The Kier molecular flexibility index (Phi) is 63.7. The van der Waals surface area contributed by atoms with Crippen molar-refractivity contribution in [2.75, 3.05) is 46.2 Å². The molecule has 0 amide bonds. The van der Waals surface area contributed by atoms with E-state index in [1.807, 2.05) is 19.9 Å². The Morgan fingerprint density at radius 1 is 0.469 bits per heavy atom. The third-order valence-corrected chi connectivity index (χ3v) is 17.4. The normalized spacial score (nSPS) is 13.3.